The summed E-state index contributed by atoms with van der Waals surface area (Å²) in [4.78, 5) is 24.5. The molecule has 0 aromatic heterocycles. The summed E-state index contributed by atoms with van der Waals surface area (Å²) in [7, 11) is 3.25. The molecule has 1 N–H and O–H groups in total. The molecular formula is C14H20ClN3O4. The van der Waals surface area contributed by atoms with E-state index in [2.05, 4.69) is 5.32 Å². The number of nitrogens with one attached hydrogen (secondary N) is 1. The van der Waals surface area contributed by atoms with Crippen LogP contribution in [0.15, 0.2) is 18.2 Å². The van der Waals surface area contributed by atoms with E-state index in [0.29, 0.717) is 24.6 Å². The van der Waals surface area contributed by atoms with Gasteiger partial charge in [0.15, 0.2) is 5.75 Å². The van der Waals surface area contributed by atoms with Gasteiger partial charge in [0.25, 0.3) is 5.91 Å². The Balaban J connectivity index is 0.00000242. The van der Waals surface area contributed by atoms with Gasteiger partial charge in [-0.05, 0) is 32.0 Å². The number of methoxy groups -OCH3 is 1. The number of hydrogen-bond acceptors (Lipinski definition) is 5. The number of amides is 1. The molecule has 2 rings (SSSR count). The first kappa shape index (κ1) is 18.2. The molecule has 0 spiro atoms. The lowest BCUT2D eigenvalue weighted by Crippen LogP contribution is -2.30. The van der Waals surface area contributed by atoms with E-state index in [1.165, 1.54) is 25.3 Å². The molecular weight excluding hydrogens is 310 g/mol. The summed E-state index contributed by atoms with van der Waals surface area (Å²) < 4.78 is 5.00. The number of hydrogen-bond donors (Lipinski definition) is 1. The Morgan fingerprint density at radius 1 is 1.55 bits per heavy atom. The van der Waals surface area contributed by atoms with E-state index in [1.807, 2.05) is 7.05 Å². The summed E-state index contributed by atoms with van der Waals surface area (Å²) in [6, 6.07) is 4.23. The van der Waals surface area contributed by atoms with Crippen molar-refractivity contribution >= 4 is 24.0 Å². The maximum atomic E-state index is 12.4. The molecule has 1 amide bonds. The molecule has 1 aromatic carbocycles. The highest BCUT2D eigenvalue weighted by atomic mass is 35.5. The molecule has 0 saturated carbocycles. The quantitative estimate of drug-likeness (QED) is 0.656. The summed E-state index contributed by atoms with van der Waals surface area (Å²) in [5.74, 6) is 0.456. The molecule has 0 radical (unpaired) electrons. The van der Waals surface area contributed by atoms with Gasteiger partial charge in [-0.3, -0.25) is 14.9 Å². The Kier molecular flexibility index (Phi) is 6.58. The van der Waals surface area contributed by atoms with Gasteiger partial charge in [-0.25, -0.2) is 0 Å². The lowest BCUT2D eigenvalue weighted by atomic mass is 10.1. The van der Waals surface area contributed by atoms with E-state index < -0.39 is 4.92 Å². The average molecular weight is 330 g/mol. The number of ether oxygens (including phenoxy) is 1. The van der Waals surface area contributed by atoms with Gasteiger partial charge in [0.1, 0.15) is 0 Å². The number of likely N-dealkylation sites (tertiary alicyclic amines) is 1. The Labute approximate surface area is 135 Å². The second-order valence-electron chi connectivity index (χ2n) is 5.11. The highest BCUT2D eigenvalue weighted by molar-refractivity contribution is 5.95. The van der Waals surface area contributed by atoms with E-state index in [0.717, 1.165) is 13.0 Å². The number of benzene rings is 1. The van der Waals surface area contributed by atoms with Gasteiger partial charge < -0.3 is 15.0 Å². The molecule has 1 fully saturated rings. The standard InChI is InChI=1S/C14H19N3O4.ClH/c1-15-8-10-5-6-16(9-10)14(18)11-3-4-12(17(19)20)13(7-11)21-2;/h3-4,7,10,15H,5-6,8-9H2,1-2H3;1H. The molecule has 122 valence electrons. The maximum Gasteiger partial charge on any atom is 0.310 e. The van der Waals surface area contributed by atoms with Gasteiger partial charge >= 0.3 is 5.69 Å². The van der Waals surface area contributed by atoms with Crippen LogP contribution in [0.3, 0.4) is 0 Å². The van der Waals surface area contributed by atoms with Crippen molar-refractivity contribution in [2.24, 2.45) is 5.92 Å². The minimum atomic E-state index is -0.522. The fourth-order valence-electron chi connectivity index (χ4n) is 2.62. The van der Waals surface area contributed by atoms with Gasteiger partial charge in [-0.15, -0.1) is 12.4 Å². The van der Waals surface area contributed by atoms with Gasteiger partial charge in [0, 0.05) is 30.8 Å². The van der Waals surface area contributed by atoms with Gasteiger partial charge in [-0.1, -0.05) is 0 Å². The summed E-state index contributed by atoms with van der Waals surface area (Å²) in [6.45, 7) is 2.30. The number of nitrogens with zero attached hydrogens (tertiary/aromatic N) is 2. The Hall–Kier alpha value is -1.86. The van der Waals surface area contributed by atoms with Crippen molar-refractivity contribution in [1.29, 1.82) is 0 Å². The lowest BCUT2D eigenvalue weighted by Gasteiger charge is -2.17. The molecule has 22 heavy (non-hydrogen) atoms. The highest BCUT2D eigenvalue weighted by Crippen LogP contribution is 2.28. The Morgan fingerprint density at radius 3 is 2.86 bits per heavy atom. The minimum Gasteiger partial charge on any atom is -0.490 e. The zero-order valence-corrected chi connectivity index (χ0v) is 13.4. The van der Waals surface area contributed by atoms with Crippen LogP contribution in [0.4, 0.5) is 5.69 Å². The number of carbonyl (C=O) groups is 1. The molecule has 1 saturated heterocycles. The van der Waals surface area contributed by atoms with E-state index in [4.69, 9.17) is 4.74 Å². The van der Waals surface area contributed by atoms with E-state index in [-0.39, 0.29) is 29.8 Å². The molecule has 1 atom stereocenters. The second kappa shape index (κ2) is 7.95. The zero-order valence-electron chi connectivity index (χ0n) is 12.6. The molecule has 1 heterocycles. The second-order valence-corrected chi connectivity index (χ2v) is 5.11. The number of halogens is 1. The highest BCUT2D eigenvalue weighted by Gasteiger charge is 2.27. The normalized spacial score (nSPS) is 17.0. The van der Waals surface area contributed by atoms with E-state index in [1.54, 1.807) is 4.90 Å². The number of nitro benzene ring substituents is 1. The molecule has 1 aromatic rings. The van der Waals surface area contributed by atoms with Crippen molar-refractivity contribution in [1.82, 2.24) is 10.2 Å². The van der Waals surface area contributed by atoms with Crippen molar-refractivity contribution in [3.05, 3.63) is 33.9 Å². The van der Waals surface area contributed by atoms with Crippen LogP contribution in [0, 0.1) is 16.0 Å². The van der Waals surface area contributed by atoms with Crippen LogP contribution in [0.5, 0.6) is 5.75 Å². The first-order valence-corrected chi connectivity index (χ1v) is 6.83. The largest absolute Gasteiger partial charge is 0.490 e. The topological polar surface area (TPSA) is 84.7 Å². The summed E-state index contributed by atoms with van der Waals surface area (Å²) in [6.07, 6.45) is 0.969. The Morgan fingerprint density at radius 2 is 2.27 bits per heavy atom. The van der Waals surface area contributed by atoms with Crippen LogP contribution in [-0.4, -0.2) is 49.5 Å². The fourth-order valence-corrected chi connectivity index (χ4v) is 2.62. The molecule has 1 unspecified atom stereocenters. The molecule has 1 aliphatic rings. The van der Waals surface area contributed by atoms with Crippen LogP contribution < -0.4 is 10.1 Å². The third kappa shape index (κ3) is 3.86. The molecule has 8 heteroatoms. The summed E-state index contributed by atoms with van der Waals surface area (Å²) in [5, 5.41) is 14.0. The van der Waals surface area contributed by atoms with Crippen LogP contribution in [0.2, 0.25) is 0 Å². The third-order valence-corrected chi connectivity index (χ3v) is 3.69. The Bertz CT molecular complexity index is 553. The number of nitro groups is 1. The van der Waals surface area contributed by atoms with Crippen LogP contribution >= 0.6 is 12.4 Å². The van der Waals surface area contributed by atoms with Crippen molar-refractivity contribution in [2.45, 2.75) is 6.42 Å². The van der Waals surface area contributed by atoms with Crippen molar-refractivity contribution in [2.75, 3.05) is 33.8 Å². The van der Waals surface area contributed by atoms with Crippen molar-refractivity contribution in [3.63, 3.8) is 0 Å². The van der Waals surface area contributed by atoms with Gasteiger partial charge in [0.2, 0.25) is 0 Å². The summed E-state index contributed by atoms with van der Waals surface area (Å²) >= 11 is 0. The molecule has 7 nitrogen and oxygen atoms in total. The predicted molar refractivity (Wildman–Crippen MR) is 84.8 cm³/mol. The lowest BCUT2D eigenvalue weighted by molar-refractivity contribution is -0.385. The number of carbonyl (C=O) groups excluding carboxylic acids is 1. The van der Waals surface area contributed by atoms with Gasteiger partial charge in [-0.2, -0.15) is 0 Å². The smallest absolute Gasteiger partial charge is 0.310 e. The minimum absolute atomic E-state index is 0. The van der Waals surface area contributed by atoms with Crippen molar-refractivity contribution in [3.8, 4) is 5.75 Å². The number of rotatable bonds is 5. The van der Waals surface area contributed by atoms with E-state index >= 15 is 0 Å². The third-order valence-electron chi connectivity index (χ3n) is 3.69. The molecule has 0 aliphatic carbocycles. The molecule has 0 bridgehead atoms. The SMILES string of the molecule is CNCC1CCN(C(=O)c2ccc([N+](=O)[O-])c(OC)c2)C1.Cl. The predicted octanol–water partition coefficient (Wildman–Crippen LogP) is 1.71. The van der Waals surface area contributed by atoms with E-state index in [9.17, 15) is 14.9 Å². The van der Waals surface area contributed by atoms with Crippen LogP contribution in [0.25, 0.3) is 0 Å². The first-order valence-electron chi connectivity index (χ1n) is 6.83. The first-order chi connectivity index (χ1) is 10.1. The average Bonchev–Trinajstić information content (AvgIpc) is 2.94. The zero-order chi connectivity index (χ0) is 15.4. The van der Waals surface area contributed by atoms with Crippen LogP contribution in [0.1, 0.15) is 16.8 Å². The van der Waals surface area contributed by atoms with Crippen LogP contribution in [-0.2, 0) is 0 Å². The van der Waals surface area contributed by atoms with Gasteiger partial charge in [0.05, 0.1) is 12.0 Å². The molecule has 1 aliphatic heterocycles. The van der Waals surface area contributed by atoms with Crippen molar-refractivity contribution < 1.29 is 14.5 Å². The fraction of sp³-hybridized carbons (Fsp3) is 0.500. The maximum absolute atomic E-state index is 12.4. The monoisotopic (exact) mass is 329 g/mol. The summed E-state index contributed by atoms with van der Waals surface area (Å²) in [5.41, 5.74) is 0.283.